The number of ether oxygens (including phenoxy) is 1. The van der Waals surface area contributed by atoms with Gasteiger partial charge in [-0.3, -0.25) is 0 Å². The first-order valence-corrected chi connectivity index (χ1v) is 11.3. The Labute approximate surface area is 208 Å². The molecule has 0 aliphatic heterocycles. The van der Waals surface area contributed by atoms with Crippen LogP contribution in [0.5, 0.6) is 17.5 Å². The van der Waals surface area contributed by atoms with Crippen molar-refractivity contribution in [1.29, 1.82) is 0 Å². The van der Waals surface area contributed by atoms with Crippen LogP contribution in [-0.2, 0) is 0 Å². The molecule has 0 unspecified atom stereocenters. The minimum Gasteiger partial charge on any atom is -0.507 e. The van der Waals surface area contributed by atoms with Gasteiger partial charge in [-0.1, -0.05) is 48.5 Å². The first kappa shape index (κ1) is 22.2. The second-order valence-corrected chi connectivity index (χ2v) is 8.45. The molecule has 3 N–H and O–H groups in total. The Morgan fingerprint density at radius 3 is 2.43 bits per heavy atom. The molecule has 4 aromatic carbocycles. The molecule has 9 nitrogen and oxygen atoms in total. The molecule has 0 radical (unpaired) electrons. The molecule has 0 bridgehead atoms. The van der Waals surface area contributed by atoms with Crippen LogP contribution in [0.3, 0.4) is 0 Å². The topological polar surface area (TPSA) is 122 Å². The van der Waals surface area contributed by atoms with Gasteiger partial charge in [0.1, 0.15) is 17.3 Å². The number of aromatic hydroxyl groups is 1. The van der Waals surface area contributed by atoms with Gasteiger partial charge >= 0.3 is 5.69 Å². The maximum absolute atomic E-state index is 15.0. The molecule has 6 rings (SSSR count). The lowest BCUT2D eigenvalue weighted by atomic mass is 9.99. The minimum absolute atomic E-state index is 0.170. The van der Waals surface area contributed by atoms with Crippen LogP contribution in [0.15, 0.2) is 83.7 Å². The molecule has 6 aromatic rings. The number of aromatic amines is 2. The summed E-state index contributed by atoms with van der Waals surface area (Å²) in [6, 6.07) is 22.7. The van der Waals surface area contributed by atoms with Gasteiger partial charge in [-0.25, -0.2) is 14.3 Å². The van der Waals surface area contributed by atoms with Crippen LogP contribution in [0.4, 0.5) is 4.39 Å². The third-order valence-electron chi connectivity index (χ3n) is 6.06. The number of H-pyrrole nitrogens is 2. The Balaban J connectivity index is 1.30. The zero-order valence-electron chi connectivity index (χ0n) is 19.4. The molecule has 0 spiro atoms. The molecule has 182 valence electrons. The van der Waals surface area contributed by atoms with Gasteiger partial charge in [0.15, 0.2) is 0 Å². The Kier molecular flexibility index (Phi) is 5.26. The van der Waals surface area contributed by atoms with E-state index in [2.05, 4.69) is 25.5 Å². The molecule has 2 heterocycles. The van der Waals surface area contributed by atoms with E-state index in [0.717, 1.165) is 15.8 Å². The summed E-state index contributed by atoms with van der Waals surface area (Å²) in [7, 11) is 0. The van der Waals surface area contributed by atoms with Gasteiger partial charge in [0.2, 0.25) is 0 Å². The molecule has 0 aliphatic carbocycles. The molecule has 2 aromatic heterocycles. The van der Waals surface area contributed by atoms with E-state index in [-0.39, 0.29) is 11.8 Å². The van der Waals surface area contributed by atoms with Crippen LogP contribution in [0.2, 0.25) is 0 Å². The molecular formula is C27H19FN6O3. The summed E-state index contributed by atoms with van der Waals surface area (Å²) in [6.07, 6.45) is 0. The number of hydrogen-bond acceptors (Lipinski definition) is 6. The van der Waals surface area contributed by atoms with Gasteiger partial charge in [-0.05, 0) is 52.2 Å². The zero-order chi connectivity index (χ0) is 25.5. The molecule has 0 saturated heterocycles. The van der Waals surface area contributed by atoms with E-state index < -0.39 is 11.5 Å². The van der Waals surface area contributed by atoms with Crippen molar-refractivity contribution in [3.63, 3.8) is 0 Å². The number of hydrogen-bond donors (Lipinski definition) is 3. The molecular weight excluding hydrogens is 475 g/mol. The normalized spacial score (nSPS) is 11.2. The first-order valence-electron chi connectivity index (χ1n) is 11.3. The average molecular weight is 494 g/mol. The number of nitrogens with one attached hydrogen (secondary N) is 2. The van der Waals surface area contributed by atoms with Gasteiger partial charge in [0.05, 0.1) is 16.7 Å². The quantitative estimate of drug-likeness (QED) is 0.306. The number of tetrazole rings is 1. The summed E-state index contributed by atoms with van der Waals surface area (Å²) in [5, 5.41) is 19.7. The number of nitrogens with zero attached hydrogens (tertiary/aromatic N) is 4. The van der Waals surface area contributed by atoms with Crippen LogP contribution >= 0.6 is 0 Å². The van der Waals surface area contributed by atoms with Crippen molar-refractivity contribution in [1.82, 2.24) is 30.2 Å². The lowest BCUT2D eigenvalue weighted by Crippen LogP contribution is -2.17. The SMILES string of the molecule is Cc1ccc(Oc2nc3cc(-c4ccc(-c5ccccc5O)cc4)c(F)cc3[nH]2)cc1-n1nn[nH]c1=O. The Morgan fingerprint density at radius 1 is 0.946 bits per heavy atom. The number of imidazole rings is 1. The van der Waals surface area contributed by atoms with E-state index >= 15 is 4.39 Å². The van der Waals surface area contributed by atoms with Crippen molar-refractivity contribution in [3.05, 3.63) is 101 Å². The van der Waals surface area contributed by atoms with Crippen molar-refractivity contribution in [2.75, 3.05) is 0 Å². The number of para-hydroxylation sites is 1. The summed E-state index contributed by atoms with van der Waals surface area (Å²) in [6.45, 7) is 1.83. The second-order valence-electron chi connectivity index (χ2n) is 8.45. The number of phenols is 1. The van der Waals surface area contributed by atoms with Crippen molar-refractivity contribution < 1.29 is 14.2 Å². The third kappa shape index (κ3) is 4.10. The molecule has 10 heteroatoms. The predicted octanol–water partition coefficient (Wildman–Crippen LogP) is 5.11. The van der Waals surface area contributed by atoms with Crippen LogP contribution < -0.4 is 10.4 Å². The highest BCUT2D eigenvalue weighted by molar-refractivity contribution is 5.83. The van der Waals surface area contributed by atoms with Crippen molar-refractivity contribution in [2.24, 2.45) is 0 Å². The van der Waals surface area contributed by atoms with Gasteiger partial charge < -0.3 is 14.8 Å². The first-order chi connectivity index (χ1) is 18.0. The molecule has 37 heavy (non-hydrogen) atoms. The number of rotatable bonds is 5. The molecule has 0 saturated carbocycles. The maximum atomic E-state index is 15.0. The van der Waals surface area contributed by atoms with Gasteiger partial charge in [-0.2, -0.15) is 9.67 Å². The fourth-order valence-electron chi connectivity index (χ4n) is 4.17. The Bertz CT molecular complexity index is 1820. The predicted molar refractivity (Wildman–Crippen MR) is 135 cm³/mol. The van der Waals surface area contributed by atoms with E-state index in [1.165, 1.54) is 6.07 Å². The average Bonchev–Trinajstić information content (AvgIpc) is 3.50. The van der Waals surface area contributed by atoms with E-state index in [1.54, 1.807) is 48.5 Å². The standard InChI is InChI=1S/C27H19FN6O3/c1-15-6-11-18(12-24(15)34-27(36)31-32-33-34)37-26-29-22-13-20(21(28)14-23(22)30-26)17-9-7-16(8-10-17)19-4-2-3-5-25(19)35/h2-14,35H,1H3,(H,29,30)(H,31,33,36). The number of benzene rings is 4. The fourth-order valence-corrected chi connectivity index (χ4v) is 4.17. The summed E-state index contributed by atoms with van der Waals surface area (Å²) >= 11 is 0. The van der Waals surface area contributed by atoms with Gasteiger partial charge in [0.25, 0.3) is 6.01 Å². The highest BCUT2D eigenvalue weighted by Gasteiger charge is 2.14. The molecule has 0 aliphatic rings. The Hall–Kier alpha value is -5.25. The third-order valence-corrected chi connectivity index (χ3v) is 6.06. The van der Waals surface area contributed by atoms with Crippen molar-refractivity contribution in [2.45, 2.75) is 6.92 Å². The highest BCUT2D eigenvalue weighted by atomic mass is 19.1. The molecule has 0 amide bonds. The summed E-state index contributed by atoms with van der Waals surface area (Å²) in [5.74, 6) is 0.178. The van der Waals surface area contributed by atoms with Crippen LogP contribution in [0, 0.1) is 12.7 Å². The van der Waals surface area contributed by atoms with Crippen LogP contribution in [0.1, 0.15) is 5.56 Å². The molecule has 0 fully saturated rings. The van der Waals surface area contributed by atoms with Crippen molar-refractivity contribution in [3.8, 4) is 45.5 Å². The van der Waals surface area contributed by atoms with E-state index in [1.807, 2.05) is 31.2 Å². The van der Waals surface area contributed by atoms with Gasteiger partial charge in [0, 0.05) is 23.3 Å². The monoisotopic (exact) mass is 494 g/mol. The van der Waals surface area contributed by atoms with Gasteiger partial charge in [-0.15, -0.1) is 0 Å². The minimum atomic E-state index is -0.472. The van der Waals surface area contributed by atoms with Crippen molar-refractivity contribution >= 4 is 11.0 Å². The lowest BCUT2D eigenvalue weighted by molar-refractivity contribution is 0.449. The number of phenolic OH excluding ortho intramolecular Hbond substituents is 1. The number of aryl methyl sites for hydroxylation is 1. The number of halogens is 1. The largest absolute Gasteiger partial charge is 0.507 e. The van der Waals surface area contributed by atoms with Crippen LogP contribution in [-0.4, -0.2) is 35.3 Å². The lowest BCUT2D eigenvalue weighted by Gasteiger charge is -2.07. The fraction of sp³-hybridized carbons (Fsp3) is 0.0370. The van der Waals surface area contributed by atoms with E-state index in [4.69, 9.17) is 4.74 Å². The zero-order valence-corrected chi connectivity index (χ0v) is 19.4. The highest BCUT2D eigenvalue weighted by Crippen LogP contribution is 2.33. The number of aromatic nitrogens is 6. The second kappa shape index (κ2) is 8.76. The summed E-state index contributed by atoms with van der Waals surface area (Å²) in [4.78, 5) is 19.4. The maximum Gasteiger partial charge on any atom is 0.365 e. The van der Waals surface area contributed by atoms with E-state index in [0.29, 0.717) is 39.2 Å². The summed E-state index contributed by atoms with van der Waals surface area (Å²) < 4.78 is 22.0. The smallest absolute Gasteiger partial charge is 0.365 e. The van der Waals surface area contributed by atoms with E-state index in [9.17, 15) is 9.90 Å². The Morgan fingerprint density at radius 2 is 1.70 bits per heavy atom. The molecule has 0 atom stereocenters. The summed E-state index contributed by atoms with van der Waals surface area (Å²) in [5.41, 5.74) is 4.42. The number of fused-ring (bicyclic) bond motifs is 1. The van der Waals surface area contributed by atoms with Crippen LogP contribution in [0.25, 0.3) is 39.0 Å².